The molecule has 1 aliphatic carbocycles. The Balaban J connectivity index is 2.94. The van der Waals surface area contributed by atoms with Crippen LogP contribution in [0.5, 0.6) is 0 Å². The van der Waals surface area contributed by atoms with Crippen LogP contribution in [0.1, 0.15) is 0 Å². The second kappa shape index (κ2) is 3.35. The molecule has 66 valence electrons. The van der Waals surface area contributed by atoms with Crippen molar-refractivity contribution < 1.29 is 9.84 Å². The molecule has 3 N–H and O–H groups in total. The molecule has 0 aromatic rings. The molecule has 0 fully saturated rings. The molecule has 0 amide bonds. The lowest BCUT2D eigenvalue weighted by Gasteiger charge is -2.31. The van der Waals surface area contributed by atoms with Crippen LogP contribution in [0, 0.1) is 0 Å². The second-order valence-electron chi connectivity index (χ2n) is 2.59. The van der Waals surface area contributed by atoms with Crippen molar-refractivity contribution in [1.29, 1.82) is 0 Å². The molecular weight excluding hydrogens is 174 g/mol. The molecule has 0 spiro atoms. The fraction of sp³-hybridized carbons (Fsp3) is 0.375. The van der Waals surface area contributed by atoms with Crippen molar-refractivity contribution in [3.05, 3.63) is 24.3 Å². The maximum atomic E-state index is 9.88. The molecule has 4 heteroatoms. The van der Waals surface area contributed by atoms with Gasteiger partial charge in [-0.15, -0.1) is 0 Å². The first-order valence-electron chi connectivity index (χ1n) is 3.52. The fourth-order valence-electron chi connectivity index (χ4n) is 1.09. The van der Waals surface area contributed by atoms with E-state index >= 15 is 0 Å². The van der Waals surface area contributed by atoms with Gasteiger partial charge in [0.05, 0.1) is 0 Å². The van der Waals surface area contributed by atoms with Crippen LogP contribution >= 0.6 is 12.2 Å². The van der Waals surface area contributed by atoms with E-state index in [0.717, 1.165) is 0 Å². The van der Waals surface area contributed by atoms with E-state index in [1.165, 1.54) is 13.2 Å². The van der Waals surface area contributed by atoms with Crippen molar-refractivity contribution in [3.8, 4) is 0 Å². The predicted octanol–water partition coefficient (Wildman–Crippen LogP) is 0.145. The Labute approximate surface area is 76.5 Å². The van der Waals surface area contributed by atoms with E-state index in [1.807, 2.05) is 0 Å². The Morgan fingerprint density at radius 1 is 1.67 bits per heavy atom. The van der Waals surface area contributed by atoms with Crippen molar-refractivity contribution >= 4 is 17.2 Å². The smallest absolute Gasteiger partial charge is 0.162 e. The summed E-state index contributed by atoms with van der Waals surface area (Å²) in [6.45, 7) is 0. The van der Waals surface area contributed by atoms with Gasteiger partial charge in [-0.25, -0.2) is 0 Å². The van der Waals surface area contributed by atoms with Gasteiger partial charge in [0, 0.05) is 7.11 Å². The standard InChI is InChI=1S/C8H11NO2S/c1-11-6-4-2-3-5-8(6,10)7(9)12/h2-6,10H,1H3,(H2,9,12). The summed E-state index contributed by atoms with van der Waals surface area (Å²) in [5.74, 6) is 0. The molecule has 0 radical (unpaired) electrons. The lowest BCUT2D eigenvalue weighted by Crippen LogP contribution is -2.51. The van der Waals surface area contributed by atoms with E-state index < -0.39 is 11.7 Å². The minimum absolute atomic E-state index is 0.0231. The number of hydrogen-bond donors (Lipinski definition) is 2. The largest absolute Gasteiger partial charge is 0.391 e. The van der Waals surface area contributed by atoms with Gasteiger partial charge >= 0.3 is 0 Å². The molecule has 0 heterocycles. The zero-order chi connectivity index (χ0) is 9.19. The zero-order valence-corrected chi connectivity index (χ0v) is 7.54. The predicted molar refractivity (Wildman–Crippen MR) is 50.8 cm³/mol. The maximum absolute atomic E-state index is 9.88. The summed E-state index contributed by atoms with van der Waals surface area (Å²) in [7, 11) is 1.50. The molecule has 3 nitrogen and oxygen atoms in total. The average Bonchev–Trinajstić information content (AvgIpc) is 2.05. The van der Waals surface area contributed by atoms with Crippen LogP contribution in [-0.4, -0.2) is 28.9 Å². The SMILES string of the molecule is COC1C=CC=CC1(O)C(N)=S. The molecule has 0 bridgehead atoms. The summed E-state index contributed by atoms with van der Waals surface area (Å²) in [5, 5.41) is 9.88. The zero-order valence-electron chi connectivity index (χ0n) is 6.73. The van der Waals surface area contributed by atoms with Crippen molar-refractivity contribution in [2.24, 2.45) is 5.73 Å². The molecule has 1 rings (SSSR count). The summed E-state index contributed by atoms with van der Waals surface area (Å²) < 4.78 is 5.01. The van der Waals surface area contributed by atoms with Crippen LogP contribution in [0.15, 0.2) is 24.3 Å². The molecule has 2 unspecified atom stereocenters. The van der Waals surface area contributed by atoms with Gasteiger partial charge in [-0.3, -0.25) is 0 Å². The lowest BCUT2D eigenvalue weighted by atomic mass is 9.92. The van der Waals surface area contributed by atoms with Crippen LogP contribution < -0.4 is 5.73 Å². The molecule has 0 saturated heterocycles. The Morgan fingerprint density at radius 2 is 2.33 bits per heavy atom. The van der Waals surface area contributed by atoms with Crippen LogP contribution in [0.2, 0.25) is 0 Å². The van der Waals surface area contributed by atoms with E-state index in [-0.39, 0.29) is 4.99 Å². The Bertz CT molecular complexity index is 249. The fourth-order valence-corrected chi connectivity index (χ4v) is 1.27. The third-order valence-electron chi connectivity index (χ3n) is 1.83. The van der Waals surface area contributed by atoms with E-state index in [1.54, 1.807) is 18.2 Å². The van der Waals surface area contributed by atoms with Crippen LogP contribution in [0.4, 0.5) is 0 Å². The van der Waals surface area contributed by atoms with E-state index in [0.29, 0.717) is 0 Å². The van der Waals surface area contributed by atoms with Gasteiger partial charge in [0.15, 0.2) is 5.60 Å². The molecule has 0 aromatic carbocycles. The minimum Gasteiger partial charge on any atom is -0.391 e. The van der Waals surface area contributed by atoms with Crippen LogP contribution in [0.25, 0.3) is 0 Å². The third-order valence-corrected chi connectivity index (χ3v) is 2.16. The Kier molecular flexibility index (Phi) is 2.62. The van der Waals surface area contributed by atoms with Gasteiger partial charge in [-0.2, -0.15) is 0 Å². The molecule has 2 atom stereocenters. The van der Waals surface area contributed by atoms with Gasteiger partial charge < -0.3 is 15.6 Å². The van der Waals surface area contributed by atoms with Crippen molar-refractivity contribution in [3.63, 3.8) is 0 Å². The van der Waals surface area contributed by atoms with Crippen LogP contribution in [0.3, 0.4) is 0 Å². The maximum Gasteiger partial charge on any atom is 0.162 e. The third kappa shape index (κ3) is 1.41. The number of allylic oxidation sites excluding steroid dienone is 2. The van der Waals surface area contributed by atoms with Crippen molar-refractivity contribution in [1.82, 2.24) is 0 Å². The van der Waals surface area contributed by atoms with E-state index in [2.05, 4.69) is 0 Å². The molecular formula is C8H11NO2S. The number of thiocarbonyl (C=S) groups is 1. The average molecular weight is 185 g/mol. The summed E-state index contributed by atoms with van der Waals surface area (Å²) in [6, 6.07) is 0. The molecule has 0 saturated carbocycles. The number of rotatable bonds is 2. The first-order chi connectivity index (χ1) is 5.61. The van der Waals surface area contributed by atoms with Gasteiger partial charge in [-0.05, 0) is 6.08 Å². The highest BCUT2D eigenvalue weighted by molar-refractivity contribution is 7.80. The van der Waals surface area contributed by atoms with Gasteiger partial charge in [-0.1, -0.05) is 30.4 Å². The van der Waals surface area contributed by atoms with Crippen molar-refractivity contribution in [2.45, 2.75) is 11.7 Å². The summed E-state index contributed by atoms with van der Waals surface area (Å²) in [4.78, 5) is 0.0231. The van der Waals surface area contributed by atoms with Crippen LogP contribution in [-0.2, 0) is 4.74 Å². The topological polar surface area (TPSA) is 55.5 Å². The second-order valence-corrected chi connectivity index (χ2v) is 3.03. The van der Waals surface area contributed by atoms with E-state index in [9.17, 15) is 5.11 Å². The number of ether oxygens (including phenoxy) is 1. The number of aliphatic hydroxyl groups is 1. The molecule has 1 aliphatic rings. The monoisotopic (exact) mass is 185 g/mol. The highest BCUT2D eigenvalue weighted by Gasteiger charge is 2.37. The molecule has 0 aliphatic heterocycles. The Morgan fingerprint density at radius 3 is 2.75 bits per heavy atom. The summed E-state index contributed by atoms with van der Waals surface area (Å²) >= 11 is 4.73. The first-order valence-corrected chi connectivity index (χ1v) is 3.93. The molecule has 0 aromatic heterocycles. The summed E-state index contributed by atoms with van der Waals surface area (Å²) in [5.41, 5.74) is 4.05. The number of hydrogen-bond acceptors (Lipinski definition) is 3. The Hall–Kier alpha value is -0.710. The quantitative estimate of drug-likeness (QED) is 0.601. The van der Waals surface area contributed by atoms with Crippen molar-refractivity contribution in [2.75, 3.05) is 7.11 Å². The number of methoxy groups -OCH3 is 1. The summed E-state index contributed by atoms with van der Waals surface area (Å²) in [6.07, 6.45) is 6.22. The highest BCUT2D eigenvalue weighted by Crippen LogP contribution is 2.20. The lowest BCUT2D eigenvalue weighted by molar-refractivity contribution is 0.00691. The highest BCUT2D eigenvalue weighted by atomic mass is 32.1. The molecule has 12 heavy (non-hydrogen) atoms. The van der Waals surface area contributed by atoms with Gasteiger partial charge in [0.2, 0.25) is 0 Å². The minimum atomic E-state index is -1.33. The van der Waals surface area contributed by atoms with Gasteiger partial charge in [0.25, 0.3) is 0 Å². The van der Waals surface area contributed by atoms with E-state index in [4.69, 9.17) is 22.7 Å². The van der Waals surface area contributed by atoms with Gasteiger partial charge in [0.1, 0.15) is 11.1 Å². The first kappa shape index (κ1) is 9.38. The number of nitrogens with two attached hydrogens (primary N) is 1. The normalized spacial score (nSPS) is 33.7.